The van der Waals surface area contributed by atoms with E-state index >= 15 is 0 Å². The normalized spacial score (nSPS) is 20.2. The van der Waals surface area contributed by atoms with Gasteiger partial charge in [-0.3, -0.25) is 4.79 Å². The highest BCUT2D eigenvalue weighted by Crippen LogP contribution is 2.35. The van der Waals surface area contributed by atoms with E-state index in [0.29, 0.717) is 18.1 Å². The summed E-state index contributed by atoms with van der Waals surface area (Å²) in [4.78, 5) is 24.1. The van der Waals surface area contributed by atoms with Crippen molar-refractivity contribution in [2.75, 3.05) is 19.7 Å². The number of halogens is 1. The van der Waals surface area contributed by atoms with Crippen LogP contribution < -0.4 is 0 Å². The zero-order chi connectivity index (χ0) is 21.2. The molecule has 1 amide bonds. The Balaban J connectivity index is 1.32. The van der Waals surface area contributed by atoms with Crippen LogP contribution in [0.1, 0.15) is 49.2 Å². The van der Waals surface area contributed by atoms with E-state index < -0.39 is 0 Å². The first-order valence-corrected chi connectivity index (χ1v) is 11.2. The molecule has 0 radical (unpaired) electrons. The van der Waals surface area contributed by atoms with Gasteiger partial charge in [0.05, 0.1) is 0 Å². The first-order chi connectivity index (χ1) is 15.2. The van der Waals surface area contributed by atoms with E-state index in [9.17, 15) is 4.79 Å². The number of amides is 1. The summed E-state index contributed by atoms with van der Waals surface area (Å²) < 4.78 is 8.22. The fourth-order valence-electron chi connectivity index (χ4n) is 4.54. The van der Waals surface area contributed by atoms with Crippen molar-refractivity contribution in [2.24, 2.45) is 0 Å². The summed E-state index contributed by atoms with van der Waals surface area (Å²) in [7, 11) is 0. The molecule has 0 unspecified atom stereocenters. The number of benzene rings is 1. The van der Waals surface area contributed by atoms with Crippen LogP contribution >= 0.6 is 11.6 Å². The highest BCUT2D eigenvalue weighted by atomic mass is 35.5. The molecule has 2 saturated heterocycles. The van der Waals surface area contributed by atoms with Crippen LogP contribution in [-0.4, -0.2) is 45.0 Å². The molecule has 5 rings (SSSR count). The molecule has 160 valence electrons. The van der Waals surface area contributed by atoms with E-state index in [4.69, 9.17) is 21.3 Å². The van der Waals surface area contributed by atoms with Gasteiger partial charge in [-0.2, -0.15) is 0 Å². The summed E-state index contributed by atoms with van der Waals surface area (Å²) in [5.41, 5.74) is 2.68. The van der Waals surface area contributed by atoms with Crippen LogP contribution in [0.3, 0.4) is 0 Å². The Hall–Kier alpha value is -2.70. The van der Waals surface area contributed by atoms with E-state index in [1.54, 1.807) is 12.2 Å². The van der Waals surface area contributed by atoms with E-state index in [0.717, 1.165) is 54.8 Å². The number of imidazole rings is 1. The van der Waals surface area contributed by atoms with Crippen molar-refractivity contribution in [1.82, 2.24) is 19.4 Å². The van der Waals surface area contributed by atoms with Crippen molar-refractivity contribution in [3.63, 3.8) is 0 Å². The Morgan fingerprint density at radius 2 is 1.97 bits per heavy atom. The van der Waals surface area contributed by atoms with Gasteiger partial charge in [0.2, 0.25) is 5.91 Å². The lowest BCUT2D eigenvalue weighted by Gasteiger charge is -2.33. The maximum Gasteiger partial charge on any atom is 0.246 e. The number of fused-ring (bicyclic) bond motifs is 1. The van der Waals surface area contributed by atoms with Gasteiger partial charge in [0.15, 0.2) is 5.65 Å². The Kier molecular flexibility index (Phi) is 5.74. The van der Waals surface area contributed by atoms with E-state index in [2.05, 4.69) is 9.55 Å². The number of hydrogen-bond acceptors (Lipinski definition) is 4. The third-order valence-corrected chi connectivity index (χ3v) is 6.49. The van der Waals surface area contributed by atoms with Crippen molar-refractivity contribution in [1.29, 1.82) is 0 Å². The van der Waals surface area contributed by atoms with Gasteiger partial charge in [-0.05, 0) is 55.5 Å². The third kappa shape index (κ3) is 4.10. The molecule has 0 spiro atoms. The highest BCUT2D eigenvalue weighted by Gasteiger charge is 2.31. The number of pyridine rings is 1. The van der Waals surface area contributed by atoms with E-state index in [1.807, 2.05) is 47.5 Å². The zero-order valence-electron chi connectivity index (χ0n) is 17.3. The fourth-order valence-corrected chi connectivity index (χ4v) is 4.74. The molecule has 1 atom stereocenters. The van der Waals surface area contributed by atoms with Crippen molar-refractivity contribution in [3.05, 3.63) is 65.1 Å². The Labute approximate surface area is 186 Å². The van der Waals surface area contributed by atoms with Gasteiger partial charge < -0.3 is 14.2 Å². The van der Waals surface area contributed by atoms with Gasteiger partial charge in [0.25, 0.3) is 0 Å². The molecule has 2 aromatic heterocycles. The molecular formula is C24H25ClN4O2. The second-order valence-electron chi connectivity index (χ2n) is 8.10. The number of carbonyl (C=O) groups is 1. The molecule has 6 nitrogen and oxygen atoms in total. The first kappa shape index (κ1) is 20.2. The molecule has 4 heterocycles. The maximum absolute atomic E-state index is 12.7. The molecule has 2 fully saturated rings. The van der Waals surface area contributed by atoms with Gasteiger partial charge in [0.1, 0.15) is 17.4 Å². The monoisotopic (exact) mass is 436 g/mol. The second kappa shape index (κ2) is 8.81. The molecule has 31 heavy (non-hydrogen) atoms. The topological polar surface area (TPSA) is 60.2 Å². The lowest BCUT2D eigenvalue weighted by atomic mass is 10.0. The van der Waals surface area contributed by atoms with Crippen molar-refractivity contribution >= 4 is 34.7 Å². The summed E-state index contributed by atoms with van der Waals surface area (Å²) in [6.07, 6.45) is 9.05. The number of ether oxygens (including phenoxy) is 1. The van der Waals surface area contributed by atoms with Gasteiger partial charge >= 0.3 is 0 Å². The summed E-state index contributed by atoms with van der Waals surface area (Å²) >= 11 is 6.19. The lowest BCUT2D eigenvalue weighted by Crippen LogP contribution is -2.38. The molecule has 2 aliphatic rings. The average molecular weight is 437 g/mol. The molecule has 3 aromatic rings. The quantitative estimate of drug-likeness (QED) is 0.550. The minimum atomic E-state index is 0.0198. The van der Waals surface area contributed by atoms with E-state index in [-0.39, 0.29) is 18.1 Å². The van der Waals surface area contributed by atoms with Crippen LogP contribution in [0.25, 0.3) is 17.2 Å². The molecule has 0 N–H and O–H groups in total. The van der Waals surface area contributed by atoms with Gasteiger partial charge in [-0.25, -0.2) is 9.97 Å². The van der Waals surface area contributed by atoms with Gasteiger partial charge in [-0.1, -0.05) is 29.8 Å². The highest BCUT2D eigenvalue weighted by molar-refractivity contribution is 6.32. The standard InChI is InChI=1S/C24H25ClN4O2/c25-19-6-2-1-5-17(19)9-10-22(30)28-14-11-18(12-15-28)29-23-20(7-3-13-26-23)27-24(29)21-8-4-16-31-21/h1-3,5-7,9-10,13,18,21H,4,8,11-12,14-16H2/b10-9+/t21-/m0/s1. The fraction of sp³-hybridized carbons (Fsp3) is 0.375. The van der Waals surface area contributed by atoms with Crippen LogP contribution in [0, 0.1) is 0 Å². The average Bonchev–Trinajstić information content (AvgIpc) is 3.46. The number of aromatic nitrogens is 3. The first-order valence-electron chi connectivity index (χ1n) is 10.9. The van der Waals surface area contributed by atoms with Crippen molar-refractivity contribution < 1.29 is 9.53 Å². The predicted octanol–water partition coefficient (Wildman–Crippen LogP) is 4.81. The molecule has 1 aromatic carbocycles. The maximum atomic E-state index is 12.7. The van der Waals surface area contributed by atoms with Crippen LogP contribution in [0.5, 0.6) is 0 Å². The minimum absolute atomic E-state index is 0.0198. The summed E-state index contributed by atoms with van der Waals surface area (Å²) in [6.45, 7) is 2.19. The van der Waals surface area contributed by atoms with Crippen LogP contribution in [0.4, 0.5) is 0 Å². The molecular weight excluding hydrogens is 412 g/mol. The number of rotatable bonds is 4. The second-order valence-corrected chi connectivity index (χ2v) is 8.51. The zero-order valence-corrected chi connectivity index (χ0v) is 18.0. The Morgan fingerprint density at radius 1 is 1.13 bits per heavy atom. The SMILES string of the molecule is O=C(/C=C/c1ccccc1Cl)N1CCC(n2c([C@@H]3CCCO3)nc3cccnc32)CC1. The predicted molar refractivity (Wildman–Crippen MR) is 121 cm³/mol. The lowest BCUT2D eigenvalue weighted by molar-refractivity contribution is -0.127. The number of carbonyl (C=O) groups excluding carboxylic acids is 1. The molecule has 0 bridgehead atoms. The Bertz CT molecular complexity index is 1110. The van der Waals surface area contributed by atoms with Gasteiger partial charge in [0, 0.05) is 43.0 Å². The Morgan fingerprint density at radius 3 is 2.74 bits per heavy atom. The van der Waals surface area contributed by atoms with E-state index in [1.165, 1.54) is 0 Å². The largest absolute Gasteiger partial charge is 0.370 e. The number of nitrogens with zero attached hydrogens (tertiary/aromatic N) is 4. The third-order valence-electron chi connectivity index (χ3n) is 6.15. The van der Waals surface area contributed by atoms with Crippen LogP contribution in [-0.2, 0) is 9.53 Å². The van der Waals surface area contributed by atoms with Crippen molar-refractivity contribution in [3.8, 4) is 0 Å². The summed E-state index contributed by atoms with van der Waals surface area (Å²) in [6, 6.07) is 11.7. The number of hydrogen-bond donors (Lipinski definition) is 0. The smallest absolute Gasteiger partial charge is 0.246 e. The summed E-state index contributed by atoms with van der Waals surface area (Å²) in [5.74, 6) is 1.00. The van der Waals surface area contributed by atoms with Crippen molar-refractivity contribution in [2.45, 2.75) is 37.8 Å². The molecule has 2 aliphatic heterocycles. The van der Waals surface area contributed by atoms with Gasteiger partial charge in [-0.15, -0.1) is 0 Å². The van der Waals surface area contributed by atoms with Crippen LogP contribution in [0.2, 0.25) is 5.02 Å². The molecule has 0 saturated carbocycles. The number of likely N-dealkylation sites (tertiary alicyclic amines) is 1. The summed E-state index contributed by atoms with van der Waals surface area (Å²) in [5, 5.41) is 0.645. The minimum Gasteiger partial charge on any atom is -0.370 e. The molecule has 7 heteroatoms. The molecule has 0 aliphatic carbocycles. The number of piperidine rings is 1. The van der Waals surface area contributed by atoms with Crippen LogP contribution in [0.15, 0.2) is 48.7 Å².